The van der Waals surface area contributed by atoms with Gasteiger partial charge in [-0.25, -0.2) is 13.2 Å². The van der Waals surface area contributed by atoms with E-state index in [1.54, 1.807) is 6.07 Å². The molecule has 0 radical (unpaired) electrons. The van der Waals surface area contributed by atoms with Gasteiger partial charge >= 0.3 is 0 Å². The van der Waals surface area contributed by atoms with Gasteiger partial charge in [0, 0.05) is 22.3 Å². The molecule has 4 rings (SSSR count). The summed E-state index contributed by atoms with van der Waals surface area (Å²) in [6, 6.07) is 15.8. The Hall–Kier alpha value is -4.11. The van der Waals surface area contributed by atoms with Crippen LogP contribution in [0.2, 0.25) is 5.02 Å². The predicted octanol–water partition coefficient (Wildman–Crippen LogP) is 5.99. The van der Waals surface area contributed by atoms with Gasteiger partial charge in [-0.2, -0.15) is 10.1 Å². The van der Waals surface area contributed by atoms with Crippen LogP contribution in [0.25, 0.3) is 11.3 Å². The number of carbonyl (C=O) groups excluding carboxylic acids is 1. The molecule has 0 aliphatic rings. The van der Waals surface area contributed by atoms with Crippen molar-refractivity contribution < 1.29 is 18.0 Å². The van der Waals surface area contributed by atoms with Crippen molar-refractivity contribution in [3.8, 4) is 11.3 Å². The van der Waals surface area contributed by atoms with Gasteiger partial charge in [-0.05, 0) is 48.9 Å². The fourth-order valence-corrected chi connectivity index (χ4v) is 3.25. The number of anilines is 1. The highest BCUT2D eigenvalue weighted by Crippen LogP contribution is 2.22. The Morgan fingerprint density at radius 2 is 1.74 bits per heavy atom. The molecule has 0 spiro atoms. The van der Waals surface area contributed by atoms with Gasteiger partial charge < -0.3 is 5.32 Å². The second kappa shape index (κ2) is 9.80. The second-order valence-electron chi connectivity index (χ2n) is 7.33. The van der Waals surface area contributed by atoms with Crippen LogP contribution in [0.4, 0.5) is 24.7 Å². The number of guanidine groups is 1. The topological polar surface area (TPSA) is 82.2 Å². The Morgan fingerprint density at radius 1 is 0.971 bits per heavy atom. The molecule has 3 aromatic carbocycles. The molecule has 0 aliphatic heterocycles. The zero-order chi connectivity index (χ0) is 24.2. The number of nitrogens with zero attached hydrogens (tertiary/aromatic N) is 2. The average Bonchev–Trinajstić information content (AvgIpc) is 3.23. The number of hydrogen-bond donors (Lipinski definition) is 3. The summed E-state index contributed by atoms with van der Waals surface area (Å²) in [6.07, 6.45) is 0. The van der Waals surface area contributed by atoms with Crippen molar-refractivity contribution in [3.05, 3.63) is 100 Å². The predicted molar refractivity (Wildman–Crippen MR) is 125 cm³/mol. The Kier molecular flexibility index (Phi) is 6.65. The Morgan fingerprint density at radius 3 is 2.44 bits per heavy atom. The van der Waals surface area contributed by atoms with E-state index in [-0.39, 0.29) is 28.1 Å². The van der Waals surface area contributed by atoms with Crippen molar-refractivity contribution in [1.29, 1.82) is 0 Å². The van der Waals surface area contributed by atoms with E-state index < -0.39 is 23.4 Å². The van der Waals surface area contributed by atoms with Gasteiger partial charge in [-0.15, -0.1) is 0 Å². The highest BCUT2D eigenvalue weighted by molar-refractivity contribution is 6.31. The molecule has 1 aromatic heterocycles. The molecule has 3 N–H and O–H groups in total. The molecule has 34 heavy (non-hydrogen) atoms. The smallest absolute Gasteiger partial charge is 0.258 e. The summed E-state index contributed by atoms with van der Waals surface area (Å²) in [6.45, 7) is 1.97. The monoisotopic (exact) mass is 483 g/mol. The first-order chi connectivity index (χ1) is 16.3. The van der Waals surface area contributed by atoms with E-state index in [2.05, 4.69) is 25.8 Å². The van der Waals surface area contributed by atoms with Crippen LogP contribution in [0.3, 0.4) is 0 Å². The highest BCUT2D eigenvalue weighted by Gasteiger charge is 2.14. The number of aromatic amines is 1. The summed E-state index contributed by atoms with van der Waals surface area (Å²) in [5, 5.41) is 12.3. The van der Waals surface area contributed by atoms with E-state index in [0.29, 0.717) is 5.69 Å². The van der Waals surface area contributed by atoms with Crippen LogP contribution in [-0.2, 0) is 0 Å². The lowest BCUT2D eigenvalue weighted by molar-refractivity contribution is 0.0976. The first kappa shape index (κ1) is 23.1. The average molecular weight is 484 g/mol. The Balaban J connectivity index is 1.65. The van der Waals surface area contributed by atoms with Crippen molar-refractivity contribution in [1.82, 2.24) is 15.5 Å². The maximum Gasteiger partial charge on any atom is 0.258 e. The summed E-state index contributed by atoms with van der Waals surface area (Å²) >= 11 is 5.91. The number of aryl methyl sites for hydroxylation is 1. The number of aromatic nitrogens is 2. The van der Waals surface area contributed by atoms with Crippen molar-refractivity contribution in [2.24, 2.45) is 4.99 Å². The van der Waals surface area contributed by atoms with Crippen LogP contribution < -0.4 is 10.6 Å². The number of benzene rings is 3. The Bertz CT molecular complexity index is 1370. The third-order valence-electron chi connectivity index (χ3n) is 4.69. The Labute approximate surface area is 197 Å². The summed E-state index contributed by atoms with van der Waals surface area (Å²) in [4.78, 5) is 16.9. The van der Waals surface area contributed by atoms with Crippen LogP contribution in [-0.4, -0.2) is 22.1 Å². The molecule has 4 aromatic rings. The fourth-order valence-electron chi connectivity index (χ4n) is 3.03. The standard InChI is InChI=1S/C24H17ClF3N5O/c1-13-2-4-14(5-3-13)21-12-22(33-32-21)30-24(29-18-10-16(25)9-17(26)11-18)31-23(34)15-6-7-19(27)20(28)8-15/h2-12H,1H3,(H3,29,30,31,32,33,34). The quantitative estimate of drug-likeness (QED) is 0.246. The molecule has 10 heteroatoms. The van der Waals surface area contributed by atoms with Crippen LogP contribution in [0.15, 0.2) is 71.7 Å². The largest absolute Gasteiger partial charge is 0.325 e. The molecule has 1 heterocycles. The number of carbonyl (C=O) groups is 1. The lowest BCUT2D eigenvalue weighted by Crippen LogP contribution is -2.36. The van der Waals surface area contributed by atoms with Crippen LogP contribution in [0.1, 0.15) is 15.9 Å². The molecule has 0 fully saturated rings. The molecule has 0 aliphatic carbocycles. The molecular formula is C24H17ClF3N5O. The van der Waals surface area contributed by atoms with Crippen molar-refractivity contribution in [3.63, 3.8) is 0 Å². The van der Waals surface area contributed by atoms with E-state index in [9.17, 15) is 18.0 Å². The highest BCUT2D eigenvalue weighted by atomic mass is 35.5. The number of hydrogen-bond acceptors (Lipinski definition) is 3. The zero-order valence-electron chi connectivity index (χ0n) is 17.7. The third-order valence-corrected chi connectivity index (χ3v) is 4.91. The molecule has 0 saturated carbocycles. The van der Waals surface area contributed by atoms with E-state index in [1.807, 2.05) is 31.2 Å². The summed E-state index contributed by atoms with van der Waals surface area (Å²) in [5.74, 6) is -3.58. The second-order valence-corrected chi connectivity index (χ2v) is 7.77. The number of aliphatic imine (C=N–C) groups is 1. The maximum absolute atomic E-state index is 13.8. The number of amides is 1. The molecule has 0 atom stereocenters. The SMILES string of the molecule is Cc1ccc(-c2cc(N=C(NC(=O)c3ccc(F)c(F)c3)Nc3cc(F)cc(Cl)c3)n[nH]2)cc1. The molecule has 0 unspecified atom stereocenters. The maximum atomic E-state index is 13.8. The fraction of sp³-hybridized carbons (Fsp3) is 0.0417. The van der Waals surface area contributed by atoms with Gasteiger partial charge in [0.25, 0.3) is 5.91 Å². The van der Waals surface area contributed by atoms with E-state index in [4.69, 9.17) is 11.6 Å². The van der Waals surface area contributed by atoms with Crippen molar-refractivity contribution >= 4 is 35.0 Å². The number of H-pyrrole nitrogens is 1. The van der Waals surface area contributed by atoms with Gasteiger partial charge in [-0.1, -0.05) is 41.4 Å². The summed E-state index contributed by atoms with van der Waals surface area (Å²) < 4.78 is 40.6. The van der Waals surface area contributed by atoms with Gasteiger partial charge in [-0.3, -0.25) is 15.2 Å². The van der Waals surface area contributed by atoms with E-state index >= 15 is 0 Å². The van der Waals surface area contributed by atoms with Crippen LogP contribution in [0.5, 0.6) is 0 Å². The zero-order valence-corrected chi connectivity index (χ0v) is 18.4. The number of halogens is 4. The van der Waals surface area contributed by atoms with Gasteiger partial charge in [0.1, 0.15) is 5.82 Å². The number of nitrogens with one attached hydrogen (secondary N) is 3. The number of rotatable bonds is 4. The molecule has 0 bridgehead atoms. The minimum atomic E-state index is -1.17. The van der Waals surface area contributed by atoms with Crippen molar-refractivity contribution in [2.45, 2.75) is 6.92 Å². The minimum Gasteiger partial charge on any atom is -0.325 e. The molecular weight excluding hydrogens is 467 g/mol. The lowest BCUT2D eigenvalue weighted by atomic mass is 10.1. The summed E-state index contributed by atoms with van der Waals surface area (Å²) in [5.41, 5.74) is 2.70. The van der Waals surface area contributed by atoms with Gasteiger partial charge in [0.2, 0.25) is 5.96 Å². The first-order valence-corrected chi connectivity index (χ1v) is 10.4. The van der Waals surface area contributed by atoms with Crippen LogP contribution >= 0.6 is 11.6 Å². The van der Waals surface area contributed by atoms with Crippen LogP contribution in [0, 0.1) is 24.4 Å². The lowest BCUT2D eigenvalue weighted by Gasteiger charge is -2.12. The van der Waals surface area contributed by atoms with Gasteiger partial charge in [0.15, 0.2) is 17.5 Å². The summed E-state index contributed by atoms with van der Waals surface area (Å²) in [7, 11) is 0. The van der Waals surface area contributed by atoms with E-state index in [0.717, 1.165) is 41.5 Å². The molecule has 172 valence electrons. The normalized spacial score (nSPS) is 11.4. The molecule has 0 saturated heterocycles. The van der Waals surface area contributed by atoms with Gasteiger partial charge in [0.05, 0.1) is 5.69 Å². The van der Waals surface area contributed by atoms with Crippen molar-refractivity contribution in [2.75, 3.05) is 5.32 Å². The molecule has 6 nitrogen and oxygen atoms in total. The third kappa shape index (κ3) is 5.62. The minimum absolute atomic E-state index is 0.121. The van der Waals surface area contributed by atoms with E-state index in [1.165, 1.54) is 6.07 Å². The molecule has 1 amide bonds. The first-order valence-electron chi connectivity index (χ1n) is 9.97.